The molecule has 1 saturated heterocycles. The van der Waals surface area contributed by atoms with E-state index in [1.54, 1.807) is 13.0 Å². The van der Waals surface area contributed by atoms with Gasteiger partial charge < -0.3 is 21.8 Å². The van der Waals surface area contributed by atoms with Crippen LogP contribution in [0.5, 0.6) is 0 Å². The average molecular weight is 430 g/mol. The minimum Gasteiger partial charge on any atom is -0.402 e. The highest BCUT2D eigenvalue weighted by Crippen LogP contribution is 2.32. The number of nitrogens with two attached hydrogens (primary N) is 2. The first-order chi connectivity index (χ1) is 15.4. The van der Waals surface area contributed by atoms with Crippen LogP contribution in [0.15, 0.2) is 42.1 Å². The number of benzene rings is 2. The third-order valence-electron chi connectivity index (χ3n) is 5.75. The van der Waals surface area contributed by atoms with Gasteiger partial charge in [-0.3, -0.25) is 0 Å². The van der Waals surface area contributed by atoms with Crippen molar-refractivity contribution in [3.05, 3.63) is 59.0 Å². The third kappa shape index (κ3) is 4.03. The van der Waals surface area contributed by atoms with Gasteiger partial charge in [0.05, 0.1) is 16.8 Å². The van der Waals surface area contributed by atoms with Crippen LogP contribution >= 0.6 is 0 Å². The van der Waals surface area contributed by atoms with Crippen LogP contribution in [-0.4, -0.2) is 35.3 Å². The van der Waals surface area contributed by atoms with E-state index in [0.29, 0.717) is 39.4 Å². The van der Waals surface area contributed by atoms with Crippen molar-refractivity contribution in [2.75, 3.05) is 18.0 Å². The van der Waals surface area contributed by atoms with Crippen molar-refractivity contribution < 1.29 is 4.39 Å². The minimum atomic E-state index is -0.601. The summed E-state index contributed by atoms with van der Waals surface area (Å²) in [5.41, 5.74) is 15.7. The first kappa shape index (κ1) is 21.4. The predicted molar refractivity (Wildman–Crippen MR) is 125 cm³/mol. The monoisotopic (exact) mass is 429 g/mol. The topological polar surface area (TPSA) is 129 Å². The van der Waals surface area contributed by atoms with Crippen LogP contribution in [0.2, 0.25) is 0 Å². The van der Waals surface area contributed by atoms with Crippen LogP contribution in [0.1, 0.15) is 30.9 Å². The summed E-state index contributed by atoms with van der Waals surface area (Å²) in [7, 11) is 0. The molecule has 2 aromatic carbocycles. The fourth-order valence-electron chi connectivity index (χ4n) is 3.92. The fraction of sp³-hybridized carbons (Fsp3) is 0.250. The molecule has 0 unspecified atom stereocenters. The molecular formula is C24H24FN7. The Hall–Kier alpha value is -3.83. The summed E-state index contributed by atoms with van der Waals surface area (Å²) in [5.74, 6) is -0.0361. The molecule has 1 fully saturated rings. The van der Waals surface area contributed by atoms with Gasteiger partial charge in [0.2, 0.25) is 5.95 Å². The lowest BCUT2D eigenvalue weighted by Crippen LogP contribution is -2.40. The van der Waals surface area contributed by atoms with Crippen molar-refractivity contribution in [1.82, 2.24) is 9.97 Å². The molecule has 32 heavy (non-hydrogen) atoms. The van der Waals surface area contributed by atoms with Gasteiger partial charge in [0, 0.05) is 47.6 Å². The van der Waals surface area contributed by atoms with E-state index >= 15 is 0 Å². The first-order valence-electron chi connectivity index (χ1n) is 10.4. The molecule has 4 rings (SSSR count). The van der Waals surface area contributed by atoms with Crippen molar-refractivity contribution in [3.63, 3.8) is 0 Å². The average Bonchev–Trinajstić information content (AvgIpc) is 2.79. The zero-order valence-electron chi connectivity index (χ0n) is 17.8. The largest absolute Gasteiger partial charge is 0.402 e. The number of fused-ring (bicyclic) bond motifs is 1. The van der Waals surface area contributed by atoms with Crippen molar-refractivity contribution in [3.8, 4) is 17.3 Å². The molecule has 0 radical (unpaired) electrons. The highest BCUT2D eigenvalue weighted by atomic mass is 19.1. The summed E-state index contributed by atoms with van der Waals surface area (Å²) >= 11 is 0. The SMILES string of the molecule is C/C(N)=C(/C=N)c1ccc2nc(N3CCC(N)CC3)nc(-c3ccc(C#N)c(F)c3)c2c1. The van der Waals surface area contributed by atoms with Crippen molar-refractivity contribution in [1.29, 1.82) is 10.7 Å². The van der Waals surface area contributed by atoms with Gasteiger partial charge >= 0.3 is 0 Å². The molecule has 0 spiro atoms. The number of rotatable bonds is 4. The second-order valence-electron chi connectivity index (χ2n) is 7.98. The summed E-state index contributed by atoms with van der Waals surface area (Å²) in [4.78, 5) is 11.7. The molecule has 1 aliphatic rings. The summed E-state index contributed by atoms with van der Waals surface area (Å²) in [6.45, 7) is 3.24. The van der Waals surface area contributed by atoms with Gasteiger partial charge in [-0.05, 0) is 49.6 Å². The zero-order valence-corrected chi connectivity index (χ0v) is 17.8. The number of piperidine rings is 1. The number of halogens is 1. The molecular weight excluding hydrogens is 405 g/mol. The number of nitriles is 1. The molecule has 0 bridgehead atoms. The fourth-order valence-corrected chi connectivity index (χ4v) is 3.92. The van der Waals surface area contributed by atoms with E-state index in [1.807, 2.05) is 24.3 Å². The number of hydrogen-bond donors (Lipinski definition) is 3. The molecule has 162 valence electrons. The Kier molecular flexibility index (Phi) is 5.84. The molecule has 7 nitrogen and oxygen atoms in total. The lowest BCUT2D eigenvalue weighted by Gasteiger charge is -2.30. The third-order valence-corrected chi connectivity index (χ3v) is 5.75. The molecule has 3 aromatic rings. The lowest BCUT2D eigenvalue weighted by atomic mass is 9.99. The van der Waals surface area contributed by atoms with Crippen LogP contribution in [-0.2, 0) is 0 Å². The van der Waals surface area contributed by atoms with Crippen molar-refractivity contribution in [2.24, 2.45) is 11.5 Å². The molecule has 0 aliphatic carbocycles. The van der Waals surface area contributed by atoms with Crippen LogP contribution in [0.3, 0.4) is 0 Å². The number of anilines is 1. The molecule has 0 saturated carbocycles. The van der Waals surface area contributed by atoms with E-state index in [1.165, 1.54) is 18.3 Å². The first-order valence-corrected chi connectivity index (χ1v) is 10.4. The van der Waals surface area contributed by atoms with E-state index < -0.39 is 5.82 Å². The molecule has 2 heterocycles. The Balaban J connectivity index is 1.93. The van der Waals surface area contributed by atoms with Gasteiger partial charge in [-0.2, -0.15) is 5.26 Å². The lowest BCUT2D eigenvalue weighted by molar-refractivity contribution is 0.496. The molecule has 5 N–H and O–H groups in total. The second-order valence-corrected chi connectivity index (χ2v) is 7.98. The van der Waals surface area contributed by atoms with Gasteiger partial charge in [-0.15, -0.1) is 0 Å². The Morgan fingerprint density at radius 3 is 2.59 bits per heavy atom. The number of nitrogens with zero attached hydrogens (tertiary/aromatic N) is 4. The van der Waals surface area contributed by atoms with Crippen molar-refractivity contribution in [2.45, 2.75) is 25.8 Å². The molecule has 8 heteroatoms. The van der Waals surface area contributed by atoms with Crippen LogP contribution in [0, 0.1) is 22.6 Å². The summed E-state index contributed by atoms with van der Waals surface area (Å²) in [6, 6.07) is 12.1. The molecule has 0 amide bonds. The smallest absolute Gasteiger partial charge is 0.226 e. The van der Waals surface area contributed by atoms with Gasteiger partial charge in [-0.25, -0.2) is 14.4 Å². The zero-order chi connectivity index (χ0) is 22.8. The van der Waals surface area contributed by atoms with Gasteiger partial charge in [0.25, 0.3) is 0 Å². The van der Waals surface area contributed by atoms with E-state index in [0.717, 1.165) is 31.5 Å². The number of hydrogen-bond acceptors (Lipinski definition) is 7. The van der Waals surface area contributed by atoms with E-state index in [-0.39, 0.29) is 11.6 Å². The van der Waals surface area contributed by atoms with E-state index in [9.17, 15) is 4.39 Å². The second kappa shape index (κ2) is 8.73. The standard InChI is InChI=1S/C24H24FN7/c1-14(28)20(13-27)15-4-5-22-19(10-15)23(16-2-3-17(12-26)21(25)11-16)31-24(30-22)32-8-6-18(29)7-9-32/h2-5,10-11,13,18,27H,6-9,28-29H2,1H3/b20-14+,27-13?. The van der Waals surface area contributed by atoms with Gasteiger partial charge in [0.1, 0.15) is 11.9 Å². The number of aromatic nitrogens is 2. The quantitative estimate of drug-likeness (QED) is 0.544. The maximum atomic E-state index is 14.5. The summed E-state index contributed by atoms with van der Waals surface area (Å²) < 4.78 is 14.5. The molecule has 1 aliphatic heterocycles. The highest BCUT2D eigenvalue weighted by Gasteiger charge is 2.21. The summed E-state index contributed by atoms with van der Waals surface area (Å²) in [5, 5.41) is 17.5. The van der Waals surface area contributed by atoms with Gasteiger partial charge in [-0.1, -0.05) is 12.1 Å². The predicted octanol–water partition coefficient (Wildman–Crippen LogP) is 3.57. The Morgan fingerprint density at radius 2 is 1.97 bits per heavy atom. The Bertz CT molecular complexity index is 1260. The van der Waals surface area contributed by atoms with Crippen molar-refractivity contribution >= 4 is 28.6 Å². The maximum absolute atomic E-state index is 14.5. The van der Waals surface area contributed by atoms with Crippen LogP contribution in [0.4, 0.5) is 10.3 Å². The Morgan fingerprint density at radius 1 is 1.22 bits per heavy atom. The van der Waals surface area contributed by atoms with Crippen LogP contribution in [0.25, 0.3) is 27.7 Å². The summed E-state index contributed by atoms with van der Waals surface area (Å²) in [6.07, 6.45) is 2.92. The number of nitrogens with one attached hydrogen (secondary N) is 1. The normalized spacial score (nSPS) is 15.4. The molecule has 0 atom stereocenters. The molecule has 1 aromatic heterocycles. The maximum Gasteiger partial charge on any atom is 0.226 e. The highest BCUT2D eigenvalue weighted by molar-refractivity contribution is 6.10. The van der Waals surface area contributed by atoms with Gasteiger partial charge in [0.15, 0.2) is 0 Å². The Labute approximate surface area is 185 Å². The number of allylic oxidation sites excluding steroid dienone is 2. The van der Waals surface area contributed by atoms with E-state index in [2.05, 4.69) is 4.90 Å². The van der Waals surface area contributed by atoms with E-state index in [4.69, 9.17) is 32.1 Å². The minimum absolute atomic E-state index is 0.0224. The van der Waals surface area contributed by atoms with Crippen LogP contribution < -0.4 is 16.4 Å².